The lowest BCUT2D eigenvalue weighted by atomic mass is 9.85. The second kappa shape index (κ2) is 9.65. The van der Waals surface area contributed by atoms with E-state index < -0.39 is 15.2 Å². The van der Waals surface area contributed by atoms with E-state index in [1.807, 2.05) is 12.1 Å². The molecule has 0 saturated heterocycles. The van der Waals surface area contributed by atoms with Gasteiger partial charge in [0.25, 0.3) is 0 Å². The normalized spacial score (nSPS) is 12.8. The molecule has 0 radical (unpaired) electrons. The molecule has 0 aliphatic rings. The van der Waals surface area contributed by atoms with Crippen molar-refractivity contribution in [2.45, 2.75) is 0 Å². The first-order chi connectivity index (χ1) is 16.2. The Balaban J connectivity index is 2.25. The van der Waals surface area contributed by atoms with Crippen molar-refractivity contribution in [3.63, 3.8) is 0 Å². The summed E-state index contributed by atoms with van der Waals surface area (Å²) in [4.78, 5) is 40.5. The molecule has 6 nitrogen and oxygen atoms in total. The molecule has 0 heterocycles. The lowest BCUT2D eigenvalue weighted by molar-refractivity contribution is 0.385. The van der Waals surface area contributed by atoms with E-state index in [1.165, 1.54) is 12.1 Å². The molecule has 0 aliphatic carbocycles. The minimum atomic E-state index is -4.68. The van der Waals surface area contributed by atoms with E-state index in [0.717, 1.165) is 0 Å². The van der Waals surface area contributed by atoms with Gasteiger partial charge in [0.15, 0.2) is 0 Å². The van der Waals surface area contributed by atoms with Crippen LogP contribution in [0, 0.1) is 0 Å². The fourth-order valence-electron chi connectivity index (χ4n) is 3.96. The van der Waals surface area contributed by atoms with Crippen LogP contribution in [-0.4, -0.2) is 19.6 Å². The summed E-state index contributed by atoms with van der Waals surface area (Å²) in [5.41, 5.74) is 2.74. The highest BCUT2D eigenvalue weighted by Crippen LogP contribution is 2.44. The Kier molecular flexibility index (Phi) is 6.83. The van der Waals surface area contributed by atoms with Crippen LogP contribution in [0.25, 0.3) is 11.1 Å². The average molecular weight is 492 g/mol. The topological polar surface area (TPSA) is 115 Å². The zero-order valence-corrected chi connectivity index (χ0v) is 19.7. The van der Waals surface area contributed by atoms with Crippen LogP contribution < -0.4 is 10.6 Å². The van der Waals surface area contributed by atoms with Gasteiger partial charge in [-0.1, -0.05) is 97.1 Å². The van der Waals surface area contributed by atoms with Crippen molar-refractivity contribution in [2.24, 2.45) is 0 Å². The van der Waals surface area contributed by atoms with E-state index in [2.05, 4.69) is 0 Å². The highest BCUT2D eigenvalue weighted by Gasteiger charge is 2.29. The van der Waals surface area contributed by atoms with Gasteiger partial charge in [-0.15, -0.1) is 0 Å². The SMILES string of the molecule is O=P(O)(O)c1ccccc1C(=C(c1ccccc1)c1ccccc1P(=O)(O)O)c1ccccc1. The lowest BCUT2D eigenvalue weighted by Crippen LogP contribution is -2.15. The summed E-state index contributed by atoms with van der Waals surface area (Å²) in [6, 6.07) is 30.5. The number of benzene rings is 4. The molecule has 0 spiro atoms. The van der Waals surface area contributed by atoms with Gasteiger partial charge in [0.1, 0.15) is 0 Å². The molecular formula is C26H22O6P2. The maximum Gasteiger partial charge on any atom is 0.356 e. The van der Waals surface area contributed by atoms with E-state index >= 15 is 0 Å². The van der Waals surface area contributed by atoms with Crippen molar-refractivity contribution in [2.75, 3.05) is 0 Å². The summed E-state index contributed by atoms with van der Waals surface area (Å²) in [6.45, 7) is 0. The molecule has 34 heavy (non-hydrogen) atoms. The van der Waals surface area contributed by atoms with Gasteiger partial charge in [-0.2, -0.15) is 0 Å². The highest BCUT2D eigenvalue weighted by molar-refractivity contribution is 7.60. The molecule has 4 aromatic rings. The second-order valence-electron chi connectivity index (χ2n) is 7.60. The Morgan fingerprint density at radius 1 is 0.441 bits per heavy atom. The second-order valence-corrected chi connectivity index (χ2v) is 10.7. The van der Waals surface area contributed by atoms with Gasteiger partial charge < -0.3 is 19.6 Å². The molecule has 4 aromatic carbocycles. The summed E-state index contributed by atoms with van der Waals surface area (Å²) in [5.74, 6) is 0. The summed E-state index contributed by atoms with van der Waals surface area (Å²) in [6.07, 6.45) is 0. The van der Waals surface area contributed by atoms with Crippen molar-refractivity contribution >= 4 is 36.9 Å². The van der Waals surface area contributed by atoms with Crippen LogP contribution in [0.1, 0.15) is 22.3 Å². The predicted molar refractivity (Wildman–Crippen MR) is 134 cm³/mol. The van der Waals surface area contributed by atoms with Gasteiger partial charge in [0.2, 0.25) is 0 Å². The van der Waals surface area contributed by atoms with Crippen LogP contribution in [0.3, 0.4) is 0 Å². The van der Waals surface area contributed by atoms with Crippen LogP contribution in [0.4, 0.5) is 0 Å². The van der Waals surface area contributed by atoms with Crippen molar-refractivity contribution in [1.82, 2.24) is 0 Å². The molecule has 0 bridgehead atoms. The molecule has 4 N–H and O–H groups in total. The van der Waals surface area contributed by atoms with E-state index in [1.54, 1.807) is 84.9 Å². The monoisotopic (exact) mass is 492 g/mol. The minimum absolute atomic E-state index is 0.170. The Hall–Kier alpha value is -3.08. The van der Waals surface area contributed by atoms with Crippen molar-refractivity contribution in [1.29, 1.82) is 0 Å². The van der Waals surface area contributed by atoms with Crippen molar-refractivity contribution in [3.05, 3.63) is 131 Å². The largest absolute Gasteiger partial charge is 0.356 e. The van der Waals surface area contributed by atoms with Gasteiger partial charge in [-0.05, 0) is 45.5 Å². The first-order valence-corrected chi connectivity index (χ1v) is 13.6. The molecule has 172 valence electrons. The smallest absolute Gasteiger partial charge is 0.321 e. The Labute approximate surface area is 197 Å². The van der Waals surface area contributed by atoms with Crippen LogP contribution in [-0.2, 0) is 9.13 Å². The van der Waals surface area contributed by atoms with Crippen molar-refractivity contribution < 1.29 is 28.7 Å². The molecule has 0 atom stereocenters. The standard InChI is InChI=1S/C26H22O6P2/c27-33(28,29)23-17-9-7-15-21(23)25(19-11-3-1-4-12-19)26(20-13-5-2-6-14-20)22-16-8-10-18-24(22)34(30,31)32/h1-18H,(H2,27,28,29)(H2,30,31,32). The molecule has 4 rings (SSSR count). The Morgan fingerprint density at radius 2 is 0.735 bits per heavy atom. The van der Waals surface area contributed by atoms with E-state index in [0.29, 0.717) is 22.3 Å². The fraction of sp³-hybridized carbons (Fsp3) is 0. The molecule has 0 fully saturated rings. The molecule has 0 amide bonds. The third-order valence-corrected chi connectivity index (χ3v) is 7.38. The van der Waals surface area contributed by atoms with E-state index in [-0.39, 0.29) is 21.7 Å². The van der Waals surface area contributed by atoms with Crippen LogP contribution in [0.15, 0.2) is 109 Å². The number of rotatable bonds is 6. The van der Waals surface area contributed by atoms with Crippen LogP contribution in [0.5, 0.6) is 0 Å². The van der Waals surface area contributed by atoms with E-state index in [9.17, 15) is 28.7 Å². The molecule has 8 heteroatoms. The predicted octanol–water partition coefficient (Wildman–Crippen LogP) is 4.30. The molecule has 0 saturated carbocycles. The van der Waals surface area contributed by atoms with Gasteiger partial charge in [-0.25, -0.2) is 0 Å². The maximum absolute atomic E-state index is 12.5. The first kappa shape index (κ1) is 24.1. The summed E-state index contributed by atoms with van der Waals surface area (Å²) in [7, 11) is -9.37. The van der Waals surface area contributed by atoms with E-state index in [4.69, 9.17) is 0 Å². The Bertz CT molecular complexity index is 1330. The number of hydrogen-bond acceptors (Lipinski definition) is 2. The van der Waals surface area contributed by atoms with Gasteiger partial charge in [-0.3, -0.25) is 9.13 Å². The third-order valence-electron chi connectivity index (χ3n) is 5.35. The maximum atomic E-state index is 12.5. The molecular weight excluding hydrogens is 470 g/mol. The lowest BCUT2D eigenvalue weighted by Gasteiger charge is -2.22. The van der Waals surface area contributed by atoms with Gasteiger partial charge >= 0.3 is 15.2 Å². The van der Waals surface area contributed by atoms with Gasteiger partial charge in [0.05, 0.1) is 10.6 Å². The summed E-state index contributed by atoms with van der Waals surface area (Å²) < 4.78 is 24.9. The van der Waals surface area contributed by atoms with Crippen LogP contribution in [0.2, 0.25) is 0 Å². The quantitative estimate of drug-likeness (QED) is 0.236. The molecule has 0 aromatic heterocycles. The Morgan fingerprint density at radius 3 is 1.06 bits per heavy atom. The molecule has 0 aliphatic heterocycles. The van der Waals surface area contributed by atoms with Crippen LogP contribution >= 0.6 is 15.2 Å². The zero-order chi connectivity index (χ0) is 24.3. The van der Waals surface area contributed by atoms with Crippen molar-refractivity contribution in [3.8, 4) is 0 Å². The minimum Gasteiger partial charge on any atom is -0.321 e. The zero-order valence-electron chi connectivity index (χ0n) is 17.9. The highest BCUT2D eigenvalue weighted by atomic mass is 31.2. The first-order valence-electron chi connectivity index (χ1n) is 10.3. The number of hydrogen-bond donors (Lipinski definition) is 4. The molecule has 0 unspecified atom stereocenters. The average Bonchev–Trinajstić information content (AvgIpc) is 2.82. The summed E-state index contributed by atoms with van der Waals surface area (Å²) in [5, 5.41) is -0.341. The van der Waals surface area contributed by atoms with Gasteiger partial charge in [0, 0.05) is 0 Å². The third kappa shape index (κ3) is 5.03. The summed E-state index contributed by atoms with van der Waals surface area (Å²) >= 11 is 0. The fourth-order valence-corrected chi connectivity index (χ4v) is 5.52.